The average molecular weight is 223 g/mol. The van der Waals surface area contributed by atoms with E-state index in [1.807, 2.05) is 25.8 Å². The Hall–Kier alpha value is -1.71. The minimum atomic E-state index is -0.196. The highest BCUT2D eigenvalue weighted by Gasteiger charge is 1.98. The average Bonchev–Trinajstić information content (AvgIpc) is 2.22. The molecule has 0 bridgehead atoms. The molecule has 0 aromatic heterocycles. The van der Waals surface area contributed by atoms with Crippen LogP contribution in [-0.4, -0.2) is 29.9 Å². The lowest BCUT2D eigenvalue weighted by atomic mass is 10.2. The molecule has 0 atom stereocenters. The Bertz CT molecular complexity index is 336. The number of allylic oxidation sites excluding steroid dienone is 3. The van der Waals surface area contributed by atoms with Crippen LogP contribution in [0.1, 0.15) is 20.8 Å². The number of rotatable bonds is 5. The second-order valence-electron chi connectivity index (χ2n) is 3.70. The monoisotopic (exact) mass is 223 g/mol. The Labute approximate surface area is 97.5 Å². The summed E-state index contributed by atoms with van der Waals surface area (Å²) in [6, 6.07) is 0. The van der Waals surface area contributed by atoms with Crippen molar-refractivity contribution >= 4 is 6.34 Å². The smallest absolute Gasteiger partial charge is 0.184 e. The summed E-state index contributed by atoms with van der Waals surface area (Å²) in [6.45, 7) is 10.3. The van der Waals surface area contributed by atoms with Gasteiger partial charge in [-0.15, -0.1) is 0 Å². The Morgan fingerprint density at radius 2 is 2.06 bits per heavy atom. The number of hydrogen-bond acceptors (Lipinski definition) is 3. The Balaban J connectivity index is 4.98. The van der Waals surface area contributed by atoms with Gasteiger partial charge in [-0.1, -0.05) is 6.58 Å². The molecule has 0 saturated heterocycles. The van der Waals surface area contributed by atoms with E-state index in [1.54, 1.807) is 19.3 Å². The molecular weight excluding hydrogens is 202 g/mol. The van der Waals surface area contributed by atoms with E-state index in [0.29, 0.717) is 11.3 Å². The molecule has 3 N–H and O–H groups in total. The molecule has 0 heterocycles. The lowest BCUT2D eigenvalue weighted by Gasteiger charge is -2.09. The molecule has 0 aliphatic heterocycles. The molecule has 0 fully saturated rings. The molecule has 0 aliphatic rings. The van der Waals surface area contributed by atoms with Crippen LogP contribution in [0.15, 0.2) is 40.4 Å². The number of hydrogen-bond donors (Lipinski definition) is 2. The zero-order chi connectivity index (χ0) is 12.7. The van der Waals surface area contributed by atoms with E-state index in [1.165, 1.54) is 0 Å². The van der Waals surface area contributed by atoms with Crippen molar-refractivity contribution in [2.75, 3.05) is 13.6 Å². The maximum Gasteiger partial charge on any atom is 0.184 e. The number of nitrogens with two attached hydrogens (primary N) is 1. The summed E-state index contributed by atoms with van der Waals surface area (Å²) in [5.41, 5.74) is 7.37. The zero-order valence-electron chi connectivity index (χ0n) is 10.5. The maximum absolute atomic E-state index is 9.10. The van der Waals surface area contributed by atoms with Gasteiger partial charge in [0.1, 0.15) is 0 Å². The quantitative estimate of drug-likeness (QED) is 0.325. The van der Waals surface area contributed by atoms with Crippen molar-refractivity contribution in [2.45, 2.75) is 20.8 Å². The van der Waals surface area contributed by atoms with Crippen LogP contribution in [0.2, 0.25) is 0 Å². The van der Waals surface area contributed by atoms with Crippen molar-refractivity contribution in [3.8, 4) is 0 Å². The number of aliphatic imine (C=N–C) groups is 1. The van der Waals surface area contributed by atoms with Gasteiger partial charge in [-0.3, -0.25) is 0 Å². The summed E-state index contributed by atoms with van der Waals surface area (Å²) in [4.78, 5) is 6.22. The predicted octanol–water partition coefficient (Wildman–Crippen LogP) is 2.17. The molecule has 0 aromatic carbocycles. The Morgan fingerprint density at radius 3 is 2.44 bits per heavy atom. The third kappa shape index (κ3) is 5.24. The van der Waals surface area contributed by atoms with E-state index in [9.17, 15) is 0 Å². The van der Waals surface area contributed by atoms with E-state index in [2.05, 4.69) is 11.6 Å². The minimum Gasteiger partial charge on any atom is -0.495 e. The topological polar surface area (TPSA) is 61.9 Å². The first kappa shape index (κ1) is 14.3. The summed E-state index contributed by atoms with van der Waals surface area (Å²) >= 11 is 0. The molecule has 0 unspecified atom stereocenters. The van der Waals surface area contributed by atoms with Gasteiger partial charge >= 0.3 is 0 Å². The first-order chi connectivity index (χ1) is 7.38. The van der Waals surface area contributed by atoms with E-state index < -0.39 is 0 Å². The third-order valence-corrected chi connectivity index (χ3v) is 2.09. The summed E-state index contributed by atoms with van der Waals surface area (Å²) in [5.74, 6) is -0.196. The molecule has 0 radical (unpaired) electrons. The van der Waals surface area contributed by atoms with Gasteiger partial charge in [-0.05, 0) is 32.4 Å². The third-order valence-electron chi connectivity index (χ3n) is 2.09. The van der Waals surface area contributed by atoms with Gasteiger partial charge < -0.3 is 15.7 Å². The summed E-state index contributed by atoms with van der Waals surface area (Å²) in [6.07, 6.45) is 3.43. The highest BCUT2D eigenvalue weighted by Crippen LogP contribution is 2.12. The van der Waals surface area contributed by atoms with Gasteiger partial charge in [0.15, 0.2) is 5.88 Å². The second-order valence-corrected chi connectivity index (χ2v) is 3.70. The molecule has 4 nitrogen and oxygen atoms in total. The van der Waals surface area contributed by atoms with E-state index in [-0.39, 0.29) is 5.88 Å². The first-order valence-corrected chi connectivity index (χ1v) is 5.15. The fourth-order valence-electron chi connectivity index (χ4n) is 0.792. The maximum atomic E-state index is 9.10. The molecule has 0 aliphatic carbocycles. The Kier molecular flexibility index (Phi) is 6.00. The van der Waals surface area contributed by atoms with Gasteiger partial charge in [0.2, 0.25) is 0 Å². The van der Waals surface area contributed by atoms with Crippen molar-refractivity contribution in [3.05, 3.63) is 35.4 Å². The first-order valence-electron chi connectivity index (χ1n) is 5.15. The van der Waals surface area contributed by atoms with Crippen LogP contribution in [0, 0.1) is 0 Å². The lowest BCUT2D eigenvalue weighted by molar-refractivity contribution is 0.400. The van der Waals surface area contributed by atoms with Crippen molar-refractivity contribution in [1.82, 2.24) is 4.90 Å². The van der Waals surface area contributed by atoms with Crippen molar-refractivity contribution in [3.63, 3.8) is 0 Å². The van der Waals surface area contributed by atoms with E-state index in [4.69, 9.17) is 10.8 Å². The van der Waals surface area contributed by atoms with Gasteiger partial charge in [-0.2, -0.15) is 0 Å². The molecule has 4 heteroatoms. The molecule has 0 aromatic rings. The van der Waals surface area contributed by atoms with Crippen LogP contribution >= 0.6 is 0 Å². The minimum absolute atomic E-state index is 0.196. The normalized spacial score (nSPS) is 13.9. The van der Waals surface area contributed by atoms with Crippen LogP contribution in [0.25, 0.3) is 0 Å². The number of aliphatic hydroxyl groups is 1. The lowest BCUT2D eigenvalue weighted by Crippen LogP contribution is -2.14. The largest absolute Gasteiger partial charge is 0.495 e. The summed E-state index contributed by atoms with van der Waals surface area (Å²) in [7, 11) is 1.93. The van der Waals surface area contributed by atoms with Crippen molar-refractivity contribution in [1.29, 1.82) is 0 Å². The summed E-state index contributed by atoms with van der Waals surface area (Å²) < 4.78 is 0. The highest BCUT2D eigenvalue weighted by molar-refractivity contribution is 5.58. The van der Waals surface area contributed by atoms with Crippen LogP contribution in [0.4, 0.5) is 0 Å². The molecule has 0 spiro atoms. The molecule has 0 rings (SSSR count). The number of nitrogens with zero attached hydrogens (tertiary/aromatic N) is 2. The van der Waals surface area contributed by atoms with E-state index >= 15 is 0 Å². The van der Waals surface area contributed by atoms with Gasteiger partial charge in [-0.25, -0.2) is 4.99 Å². The van der Waals surface area contributed by atoms with Gasteiger partial charge in [0.25, 0.3) is 0 Å². The Morgan fingerprint density at radius 1 is 1.50 bits per heavy atom. The molecule has 0 saturated carbocycles. The fraction of sp³-hybridized carbons (Fsp3) is 0.417. The predicted molar refractivity (Wildman–Crippen MR) is 69.2 cm³/mol. The number of aliphatic hydroxyl groups excluding tert-OH is 1. The SMILES string of the molecule is C=C(C)C(=C\C(C)=C(/N)O)/N=C/N(C)CC. The van der Waals surface area contributed by atoms with Crippen LogP contribution in [0.5, 0.6) is 0 Å². The van der Waals surface area contributed by atoms with Gasteiger partial charge in [0, 0.05) is 19.2 Å². The standard InChI is InChI=1S/C12H21N3O/c1-6-15(5)8-14-11(9(2)3)7-10(4)12(13)16/h7-8,16H,2,6,13H2,1,3-5H3/b11-7+,12-10+,14-8+. The molecule has 0 amide bonds. The van der Waals surface area contributed by atoms with Crippen molar-refractivity contribution < 1.29 is 5.11 Å². The zero-order valence-corrected chi connectivity index (χ0v) is 10.5. The van der Waals surface area contributed by atoms with Crippen LogP contribution < -0.4 is 5.73 Å². The fourth-order valence-corrected chi connectivity index (χ4v) is 0.792. The van der Waals surface area contributed by atoms with Gasteiger partial charge in [0.05, 0.1) is 12.0 Å². The van der Waals surface area contributed by atoms with Crippen molar-refractivity contribution in [2.24, 2.45) is 10.7 Å². The van der Waals surface area contributed by atoms with E-state index in [0.717, 1.165) is 12.1 Å². The molecule has 90 valence electrons. The molecular formula is C12H21N3O. The highest BCUT2D eigenvalue weighted by atomic mass is 16.3. The molecule has 16 heavy (non-hydrogen) atoms. The second kappa shape index (κ2) is 6.71. The van der Waals surface area contributed by atoms with Crippen LogP contribution in [0.3, 0.4) is 0 Å². The summed E-state index contributed by atoms with van der Waals surface area (Å²) in [5, 5.41) is 9.10. The van der Waals surface area contributed by atoms with Crippen LogP contribution in [-0.2, 0) is 0 Å².